The number of unbranched alkanes of at least 4 members (excludes halogenated alkanes) is 5. The molecule has 0 aromatic rings. The zero-order valence-electron chi connectivity index (χ0n) is 16.4. The van der Waals surface area contributed by atoms with Crippen molar-refractivity contribution >= 4 is 0 Å². The van der Waals surface area contributed by atoms with Crippen LogP contribution in [0.3, 0.4) is 0 Å². The van der Waals surface area contributed by atoms with Gasteiger partial charge >= 0.3 is 0 Å². The second-order valence-electron chi connectivity index (χ2n) is 6.97. The van der Waals surface area contributed by atoms with E-state index in [0.717, 1.165) is 39.3 Å². The van der Waals surface area contributed by atoms with E-state index in [2.05, 4.69) is 35.8 Å². The van der Waals surface area contributed by atoms with E-state index >= 15 is 0 Å². The Morgan fingerprint density at radius 3 is 1.29 bits per heavy atom. The van der Waals surface area contributed by atoms with Crippen LogP contribution in [0.15, 0.2) is 0 Å². The maximum Gasteiger partial charge on any atom is 0.0666 e. The van der Waals surface area contributed by atoms with Gasteiger partial charge in [0, 0.05) is 13.1 Å². The summed E-state index contributed by atoms with van der Waals surface area (Å²) in [5.74, 6) is 0.269. The molecule has 4 heteroatoms. The molecule has 0 rings (SSSR count). The molecule has 0 fully saturated rings. The van der Waals surface area contributed by atoms with E-state index in [-0.39, 0.29) is 11.8 Å². The van der Waals surface area contributed by atoms with E-state index in [1.807, 2.05) is 13.8 Å². The van der Waals surface area contributed by atoms with E-state index < -0.39 is 0 Å². The molecular formula is C20H38N4. The molecule has 0 spiro atoms. The van der Waals surface area contributed by atoms with E-state index in [1.165, 1.54) is 38.5 Å². The highest BCUT2D eigenvalue weighted by molar-refractivity contribution is 4.81. The zero-order valence-corrected chi connectivity index (χ0v) is 16.4. The van der Waals surface area contributed by atoms with Gasteiger partial charge in [-0.1, -0.05) is 39.5 Å². The summed E-state index contributed by atoms with van der Waals surface area (Å²) in [5.41, 5.74) is 0. The summed E-state index contributed by atoms with van der Waals surface area (Å²) in [6.07, 6.45) is 7.69. The van der Waals surface area contributed by atoms with Gasteiger partial charge in [-0.2, -0.15) is 10.5 Å². The Morgan fingerprint density at radius 1 is 0.667 bits per heavy atom. The molecule has 0 amide bonds. The molecule has 2 atom stereocenters. The van der Waals surface area contributed by atoms with Crippen LogP contribution in [0.2, 0.25) is 0 Å². The Bertz CT molecular complexity index is 333. The molecule has 0 saturated carbocycles. The third-order valence-corrected chi connectivity index (χ3v) is 4.60. The standard InChI is InChI=1S/C20H38N4/c1-5-23(17-19(3)15-21)13-11-9-7-8-10-12-14-24(6-2)18-20(4)16-22/h19-20H,5-14,17-18H2,1-4H3/t19-,20-/m1/s1. The topological polar surface area (TPSA) is 54.1 Å². The van der Waals surface area contributed by atoms with Gasteiger partial charge in [-0.25, -0.2) is 0 Å². The molecule has 0 aliphatic carbocycles. The van der Waals surface area contributed by atoms with Gasteiger partial charge in [0.15, 0.2) is 0 Å². The minimum atomic E-state index is 0.134. The van der Waals surface area contributed by atoms with Crippen molar-refractivity contribution in [2.24, 2.45) is 11.8 Å². The maximum atomic E-state index is 8.89. The quantitative estimate of drug-likeness (QED) is 0.419. The van der Waals surface area contributed by atoms with E-state index in [9.17, 15) is 0 Å². The Labute approximate surface area is 150 Å². The number of hydrogen-bond acceptors (Lipinski definition) is 4. The van der Waals surface area contributed by atoms with Gasteiger partial charge in [-0.3, -0.25) is 0 Å². The van der Waals surface area contributed by atoms with Gasteiger partial charge in [0.1, 0.15) is 0 Å². The van der Waals surface area contributed by atoms with Crippen molar-refractivity contribution < 1.29 is 0 Å². The first kappa shape index (κ1) is 22.9. The lowest BCUT2D eigenvalue weighted by atomic mass is 10.1. The Balaban J connectivity index is 3.59. The molecule has 138 valence electrons. The molecule has 0 heterocycles. The molecule has 0 aliphatic rings. The maximum absolute atomic E-state index is 8.89. The summed E-state index contributed by atoms with van der Waals surface area (Å²) in [6.45, 7) is 14.5. The molecule has 4 nitrogen and oxygen atoms in total. The number of nitrogens with zero attached hydrogens (tertiary/aromatic N) is 4. The van der Waals surface area contributed by atoms with Crippen LogP contribution < -0.4 is 0 Å². The highest BCUT2D eigenvalue weighted by atomic mass is 15.1. The molecule has 0 aromatic carbocycles. The molecule has 24 heavy (non-hydrogen) atoms. The van der Waals surface area contributed by atoms with Gasteiger partial charge in [0.2, 0.25) is 0 Å². The van der Waals surface area contributed by atoms with Gasteiger partial charge in [0.05, 0.1) is 24.0 Å². The van der Waals surface area contributed by atoms with Crippen LogP contribution in [0, 0.1) is 34.5 Å². The Morgan fingerprint density at radius 2 is 1.00 bits per heavy atom. The smallest absolute Gasteiger partial charge is 0.0666 e. The first-order valence-electron chi connectivity index (χ1n) is 9.81. The summed E-state index contributed by atoms with van der Waals surface area (Å²) < 4.78 is 0. The first-order chi connectivity index (χ1) is 11.6. The SMILES string of the molecule is CCN(CCCCCCCCN(CC)C[C@H](C)C#N)C[C@H](C)C#N. The van der Waals surface area contributed by atoms with Crippen molar-refractivity contribution in [3.8, 4) is 12.1 Å². The minimum absolute atomic E-state index is 0.134. The van der Waals surface area contributed by atoms with Crippen LogP contribution in [-0.4, -0.2) is 49.1 Å². The fourth-order valence-electron chi connectivity index (χ4n) is 2.99. The molecule has 0 unspecified atom stereocenters. The molecule has 0 aromatic heterocycles. The number of hydrogen-bond donors (Lipinski definition) is 0. The van der Waals surface area contributed by atoms with Crippen molar-refractivity contribution in [1.82, 2.24) is 9.80 Å². The van der Waals surface area contributed by atoms with Gasteiger partial charge in [-0.05, 0) is 52.9 Å². The average molecular weight is 335 g/mol. The second-order valence-corrected chi connectivity index (χ2v) is 6.97. The monoisotopic (exact) mass is 334 g/mol. The summed E-state index contributed by atoms with van der Waals surface area (Å²) >= 11 is 0. The molecule has 0 saturated heterocycles. The molecular weight excluding hydrogens is 296 g/mol. The predicted molar refractivity (Wildman–Crippen MR) is 101 cm³/mol. The normalized spacial score (nSPS) is 13.7. The fourth-order valence-corrected chi connectivity index (χ4v) is 2.99. The van der Waals surface area contributed by atoms with E-state index in [4.69, 9.17) is 10.5 Å². The van der Waals surface area contributed by atoms with Crippen LogP contribution in [-0.2, 0) is 0 Å². The molecule has 0 radical (unpaired) electrons. The molecule has 0 N–H and O–H groups in total. The summed E-state index contributed by atoms with van der Waals surface area (Å²) in [6, 6.07) is 4.64. The molecule has 0 aliphatic heterocycles. The first-order valence-corrected chi connectivity index (χ1v) is 9.81. The summed E-state index contributed by atoms with van der Waals surface area (Å²) in [5, 5.41) is 17.8. The number of nitriles is 2. The fraction of sp³-hybridized carbons (Fsp3) is 0.900. The van der Waals surface area contributed by atoms with Crippen molar-refractivity contribution in [3.05, 3.63) is 0 Å². The lowest BCUT2D eigenvalue weighted by molar-refractivity contribution is 0.258. The number of rotatable bonds is 15. The van der Waals surface area contributed by atoms with Crippen LogP contribution in [0.25, 0.3) is 0 Å². The lowest BCUT2D eigenvalue weighted by Gasteiger charge is -2.21. The minimum Gasteiger partial charge on any atom is -0.302 e. The lowest BCUT2D eigenvalue weighted by Crippen LogP contribution is -2.29. The summed E-state index contributed by atoms with van der Waals surface area (Å²) in [4.78, 5) is 4.78. The largest absolute Gasteiger partial charge is 0.302 e. The molecule has 0 bridgehead atoms. The predicted octanol–water partition coefficient (Wildman–Crippen LogP) is 4.29. The average Bonchev–Trinajstić information content (AvgIpc) is 2.60. The van der Waals surface area contributed by atoms with E-state index in [1.54, 1.807) is 0 Å². The second kappa shape index (κ2) is 15.4. The third kappa shape index (κ3) is 12.3. The van der Waals surface area contributed by atoms with Gasteiger partial charge < -0.3 is 9.80 Å². The zero-order chi connectivity index (χ0) is 18.2. The van der Waals surface area contributed by atoms with Crippen LogP contribution in [0.4, 0.5) is 0 Å². The van der Waals surface area contributed by atoms with Crippen LogP contribution in [0.5, 0.6) is 0 Å². The highest BCUT2D eigenvalue weighted by Crippen LogP contribution is 2.09. The highest BCUT2D eigenvalue weighted by Gasteiger charge is 2.08. The Kier molecular flexibility index (Phi) is 14.7. The van der Waals surface area contributed by atoms with E-state index in [0.29, 0.717) is 0 Å². The van der Waals surface area contributed by atoms with Crippen LogP contribution >= 0.6 is 0 Å². The summed E-state index contributed by atoms with van der Waals surface area (Å²) in [7, 11) is 0. The Hall–Kier alpha value is -1.10. The van der Waals surface area contributed by atoms with Crippen molar-refractivity contribution in [2.45, 2.75) is 66.2 Å². The van der Waals surface area contributed by atoms with Crippen molar-refractivity contribution in [3.63, 3.8) is 0 Å². The van der Waals surface area contributed by atoms with Gasteiger partial charge in [0.25, 0.3) is 0 Å². The van der Waals surface area contributed by atoms with Gasteiger partial charge in [-0.15, -0.1) is 0 Å². The van der Waals surface area contributed by atoms with Crippen molar-refractivity contribution in [1.29, 1.82) is 10.5 Å². The van der Waals surface area contributed by atoms with Crippen LogP contribution in [0.1, 0.15) is 66.2 Å². The third-order valence-electron chi connectivity index (χ3n) is 4.60. The van der Waals surface area contributed by atoms with Crippen molar-refractivity contribution in [2.75, 3.05) is 39.3 Å².